The largest absolute Gasteiger partial charge is 0.444 e. The minimum Gasteiger partial charge on any atom is -0.444 e. The summed E-state index contributed by atoms with van der Waals surface area (Å²) in [5.74, 6) is 0.256. The van der Waals surface area contributed by atoms with E-state index >= 15 is 0 Å². The minimum atomic E-state index is -0.451. The Morgan fingerprint density at radius 2 is 2.21 bits per heavy atom. The zero-order valence-electron chi connectivity index (χ0n) is 15.0. The second-order valence-electron chi connectivity index (χ2n) is 7.52. The molecule has 1 unspecified atom stereocenters. The maximum atomic E-state index is 13.1. The molecule has 0 aliphatic carbocycles. The number of amides is 1. The molecule has 0 aromatic heterocycles. The molecule has 0 bridgehead atoms. The van der Waals surface area contributed by atoms with Gasteiger partial charge in [-0.15, -0.1) is 0 Å². The number of ether oxygens (including phenoxy) is 1. The van der Waals surface area contributed by atoms with Gasteiger partial charge in [0.15, 0.2) is 0 Å². The van der Waals surface area contributed by atoms with Gasteiger partial charge in [-0.2, -0.15) is 0 Å². The van der Waals surface area contributed by atoms with Crippen LogP contribution in [0, 0.1) is 11.7 Å². The lowest BCUT2D eigenvalue weighted by atomic mass is 9.98. The van der Waals surface area contributed by atoms with Crippen LogP contribution in [0.15, 0.2) is 24.3 Å². The van der Waals surface area contributed by atoms with Crippen LogP contribution in [-0.2, 0) is 11.2 Å². The van der Waals surface area contributed by atoms with Crippen LogP contribution in [0.1, 0.15) is 39.2 Å². The fourth-order valence-electron chi connectivity index (χ4n) is 2.96. The van der Waals surface area contributed by atoms with E-state index in [1.54, 1.807) is 12.1 Å². The van der Waals surface area contributed by atoms with Crippen LogP contribution in [0.4, 0.5) is 9.18 Å². The Labute approximate surface area is 144 Å². The fourth-order valence-corrected chi connectivity index (χ4v) is 2.96. The van der Waals surface area contributed by atoms with Crippen molar-refractivity contribution < 1.29 is 13.9 Å². The number of benzene rings is 1. The number of hydrogen-bond acceptors (Lipinski definition) is 3. The molecular weight excluding hydrogens is 307 g/mol. The number of piperidine rings is 1. The number of hydrogen-bond donors (Lipinski definition) is 1. The lowest BCUT2D eigenvalue weighted by molar-refractivity contribution is 0.0166. The van der Waals surface area contributed by atoms with Crippen molar-refractivity contribution in [1.82, 2.24) is 10.2 Å². The van der Waals surface area contributed by atoms with Crippen LogP contribution < -0.4 is 5.32 Å². The van der Waals surface area contributed by atoms with E-state index in [0.29, 0.717) is 5.92 Å². The summed E-state index contributed by atoms with van der Waals surface area (Å²) in [5.41, 5.74) is 0.550. The van der Waals surface area contributed by atoms with Crippen molar-refractivity contribution in [2.45, 2.75) is 45.6 Å². The lowest BCUT2D eigenvalue weighted by Crippen LogP contribution is -2.45. The molecule has 0 radical (unpaired) electrons. The first-order valence-corrected chi connectivity index (χ1v) is 8.76. The van der Waals surface area contributed by atoms with Crippen molar-refractivity contribution in [2.24, 2.45) is 5.92 Å². The first-order valence-electron chi connectivity index (χ1n) is 8.76. The van der Waals surface area contributed by atoms with E-state index in [4.69, 9.17) is 4.74 Å². The summed E-state index contributed by atoms with van der Waals surface area (Å²) >= 11 is 0. The quantitative estimate of drug-likeness (QED) is 0.835. The normalized spacial score (nSPS) is 18.5. The molecule has 24 heavy (non-hydrogen) atoms. The third-order valence-corrected chi connectivity index (χ3v) is 4.08. The number of carbonyl (C=O) groups excluding carboxylic acids is 1. The monoisotopic (exact) mass is 336 g/mol. The summed E-state index contributed by atoms with van der Waals surface area (Å²) in [6.07, 6.45) is 2.72. The number of rotatable bonds is 5. The lowest BCUT2D eigenvalue weighted by Gasteiger charge is -2.34. The Kier molecular flexibility index (Phi) is 6.60. The van der Waals surface area contributed by atoms with E-state index < -0.39 is 5.60 Å². The molecule has 2 rings (SSSR count). The smallest absolute Gasteiger partial charge is 0.410 e. The zero-order chi connectivity index (χ0) is 17.6. The van der Waals surface area contributed by atoms with E-state index in [9.17, 15) is 9.18 Å². The van der Waals surface area contributed by atoms with Gasteiger partial charge < -0.3 is 15.0 Å². The van der Waals surface area contributed by atoms with Gasteiger partial charge in [-0.25, -0.2) is 9.18 Å². The highest BCUT2D eigenvalue weighted by atomic mass is 19.1. The molecule has 1 aromatic carbocycles. The Balaban J connectivity index is 1.70. The first-order chi connectivity index (χ1) is 11.3. The van der Waals surface area contributed by atoms with Crippen LogP contribution in [0.5, 0.6) is 0 Å². The highest BCUT2D eigenvalue weighted by Gasteiger charge is 2.27. The van der Waals surface area contributed by atoms with Crippen molar-refractivity contribution in [3.05, 3.63) is 35.6 Å². The van der Waals surface area contributed by atoms with Crippen molar-refractivity contribution >= 4 is 6.09 Å². The Bertz CT molecular complexity index is 542. The number of likely N-dealkylation sites (tertiary alicyclic amines) is 1. The van der Waals surface area contributed by atoms with Crippen LogP contribution in [0.2, 0.25) is 0 Å². The summed E-state index contributed by atoms with van der Waals surface area (Å²) in [6.45, 7) is 8.86. The average Bonchev–Trinajstić information content (AvgIpc) is 2.50. The van der Waals surface area contributed by atoms with Gasteiger partial charge in [0.25, 0.3) is 0 Å². The zero-order valence-corrected chi connectivity index (χ0v) is 15.0. The van der Waals surface area contributed by atoms with Gasteiger partial charge >= 0.3 is 6.09 Å². The minimum absolute atomic E-state index is 0.187. The molecule has 1 aliphatic heterocycles. The van der Waals surface area contributed by atoms with E-state index in [-0.39, 0.29) is 11.9 Å². The Morgan fingerprint density at radius 1 is 1.42 bits per heavy atom. The molecule has 4 nitrogen and oxygen atoms in total. The second-order valence-corrected chi connectivity index (χ2v) is 7.52. The molecule has 134 valence electrons. The van der Waals surface area contributed by atoms with Crippen LogP contribution >= 0.6 is 0 Å². The predicted octanol–water partition coefficient (Wildman–Crippen LogP) is 3.60. The second kappa shape index (κ2) is 8.47. The number of nitrogens with zero attached hydrogens (tertiary/aromatic N) is 1. The molecule has 0 spiro atoms. The van der Waals surface area contributed by atoms with Crippen molar-refractivity contribution in [1.29, 1.82) is 0 Å². The molecule has 1 aromatic rings. The van der Waals surface area contributed by atoms with E-state index in [1.165, 1.54) is 6.07 Å². The maximum absolute atomic E-state index is 13.1. The summed E-state index contributed by atoms with van der Waals surface area (Å²) in [4.78, 5) is 14.0. The van der Waals surface area contributed by atoms with Gasteiger partial charge in [0.05, 0.1) is 0 Å². The van der Waals surface area contributed by atoms with Crippen molar-refractivity contribution in [2.75, 3.05) is 26.2 Å². The standard InChI is InChI=1S/C19H29FN2O2/c1-19(2,3)24-18(23)22-11-5-7-16(14-22)13-21-10-9-15-6-4-8-17(20)12-15/h4,6,8,12,16,21H,5,7,9-11,13-14H2,1-3H3. The molecule has 5 heteroatoms. The first kappa shape index (κ1) is 18.7. The molecule has 1 saturated heterocycles. The summed E-state index contributed by atoms with van der Waals surface area (Å²) in [5, 5.41) is 3.43. The number of carbonyl (C=O) groups is 1. The number of nitrogens with one attached hydrogen (secondary N) is 1. The fraction of sp³-hybridized carbons (Fsp3) is 0.632. The molecule has 1 amide bonds. The predicted molar refractivity (Wildman–Crippen MR) is 93.5 cm³/mol. The van der Waals surface area contributed by atoms with Gasteiger partial charge in [-0.1, -0.05) is 12.1 Å². The average molecular weight is 336 g/mol. The van der Waals surface area contributed by atoms with Gasteiger partial charge in [0.2, 0.25) is 0 Å². The molecule has 1 N–H and O–H groups in total. The highest BCUT2D eigenvalue weighted by molar-refractivity contribution is 5.68. The highest BCUT2D eigenvalue weighted by Crippen LogP contribution is 2.18. The molecule has 1 aliphatic rings. The third-order valence-electron chi connectivity index (χ3n) is 4.08. The van der Waals surface area contributed by atoms with Gasteiger partial charge in [0, 0.05) is 13.1 Å². The van der Waals surface area contributed by atoms with Gasteiger partial charge in [-0.05, 0) is 76.7 Å². The molecular formula is C19H29FN2O2. The summed E-state index contributed by atoms with van der Waals surface area (Å²) in [7, 11) is 0. The van der Waals surface area contributed by atoms with Gasteiger partial charge in [0.1, 0.15) is 11.4 Å². The number of halogens is 1. The van der Waals surface area contributed by atoms with E-state index in [0.717, 1.165) is 51.0 Å². The molecule has 1 atom stereocenters. The van der Waals surface area contributed by atoms with E-state index in [1.807, 2.05) is 31.7 Å². The third kappa shape index (κ3) is 6.48. The van der Waals surface area contributed by atoms with Crippen LogP contribution in [0.3, 0.4) is 0 Å². The van der Waals surface area contributed by atoms with Crippen LogP contribution in [0.25, 0.3) is 0 Å². The Morgan fingerprint density at radius 3 is 2.92 bits per heavy atom. The maximum Gasteiger partial charge on any atom is 0.410 e. The molecule has 1 heterocycles. The van der Waals surface area contributed by atoms with Crippen molar-refractivity contribution in [3.63, 3.8) is 0 Å². The van der Waals surface area contributed by atoms with Crippen molar-refractivity contribution in [3.8, 4) is 0 Å². The van der Waals surface area contributed by atoms with Gasteiger partial charge in [-0.3, -0.25) is 0 Å². The summed E-state index contributed by atoms with van der Waals surface area (Å²) in [6, 6.07) is 6.72. The van der Waals surface area contributed by atoms with E-state index in [2.05, 4.69) is 5.32 Å². The molecule has 1 fully saturated rings. The molecule has 0 saturated carbocycles. The topological polar surface area (TPSA) is 41.6 Å². The Hall–Kier alpha value is -1.62. The summed E-state index contributed by atoms with van der Waals surface area (Å²) < 4.78 is 18.6. The SMILES string of the molecule is CC(C)(C)OC(=O)N1CCCC(CNCCc2cccc(F)c2)C1. The van der Waals surface area contributed by atoms with Crippen LogP contribution in [-0.4, -0.2) is 42.8 Å².